The zero-order valence-electron chi connectivity index (χ0n) is 16.5. The van der Waals surface area contributed by atoms with Crippen LogP contribution >= 0.6 is 0 Å². The first kappa shape index (κ1) is 21.4. The molecule has 2 unspecified atom stereocenters. The van der Waals surface area contributed by atoms with Crippen LogP contribution in [0.5, 0.6) is 0 Å². The second-order valence-corrected chi connectivity index (χ2v) is 9.20. The number of nitrogens with one attached hydrogen (secondary N) is 1. The summed E-state index contributed by atoms with van der Waals surface area (Å²) in [6.07, 6.45) is -0.359. The molecule has 2 atom stereocenters. The quantitative estimate of drug-likeness (QED) is 0.759. The Kier molecular flexibility index (Phi) is 6.35. The summed E-state index contributed by atoms with van der Waals surface area (Å²) < 4.78 is 50.4. The number of halogens is 1. The number of nitrogens with zero attached hydrogens (tertiary/aromatic N) is 2. The van der Waals surface area contributed by atoms with Gasteiger partial charge in [0.25, 0.3) is 5.91 Å². The number of rotatable bonds is 6. The molecule has 0 radical (unpaired) electrons. The molecule has 8 nitrogen and oxygen atoms in total. The van der Waals surface area contributed by atoms with Gasteiger partial charge in [0.05, 0.1) is 18.0 Å². The molecule has 0 aliphatic carbocycles. The molecule has 0 saturated carbocycles. The zero-order valence-corrected chi connectivity index (χ0v) is 17.3. The van der Waals surface area contributed by atoms with Crippen molar-refractivity contribution in [2.75, 3.05) is 25.4 Å². The van der Waals surface area contributed by atoms with Gasteiger partial charge in [-0.15, -0.1) is 0 Å². The number of hydrogen-bond donors (Lipinski definition) is 1. The lowest BCUT2D eigenvalue weighted by molar-refractivity contribution is -0.0440. The Bertz CT molecular complexity index is 964. The maximum Gasteiger partial charge on any atom is 0.257 e. The summed E-state index contributed by atoms with van der Waals surface area (Å²) >= 11 is 0. The van der Waals surface area contributed by atoms with Crippen molar-refractivity contribution in [3.05, 3.63) is 41.4 Å². The van der Waals surface area contributed by atoms with Crippen LogP contribution in [-0.2, 0) is 14.8 Å². The predicted molar refractivity (Wildman–Crippen MR) is 104 cm³/mol. The van der Waals surface area contributed by atoms with Crippen molar-refractivity contribution in [2.24, 2.45) is 0 Å². The maximum atomic E-state index is 13.2. The third kappa shape index (κ3) is 5.01. The molecule has 1 amide bonds. The Balaban J connectivity index is 1.66. The van der Waals surface area contributed by atoms with Gasteiger partial charge in [0.15, 0.2) is 0 Å². The highest BCUT2D eigenvalue weighted by Crippen LogP contribution is 2.25. The van der Waals surface area contributed by atoms with Crippen LogP contribution in [-0.4, -0.2) is 61.4 Å². The minimum atomic E-state index is -3.53. The third-order valence-electron chi connectivity index (χ3n) is 4.63. The number of ether oxygens (including phenoxy) is 1. The highest BCUT2D eigenvalue weighted by atomic mass is 32.2. The Morgan fingerprint density at radius 1 is 1.24 bits per heavy atom. The van der Waals surface area contributed by atoms with Gasteiger partial charge in [-0.3, -0.25) is 4.79 Å². The van der Waals surface area contributed by atoms with Crippen LogP contribution in [0.2, 0.25) is 0 Å². The van der Waals surface area contributed by atoms with E-state index >= 15 is 0 Å². The number of benzene rings is 1. The largest absolute Gasteiger partial charge is 0.373 e. The SMILES string of the molecule is Cc1onc(-c2ccc(F)cc2)c1C(=O)NCCS(=O)(=O)N1CC(C)OC(C)C1. The Labute approximate surface area is 169 Å². The Morgan fingerprint density at radius 2 is 1.86 bits per heavy atom. The van der Waals surface area contributed by atoms with Crippen LogP contribution in [0.25, 0.3) is 11.3 Å². The third-order valence-corrected chi connectivity index (χ3v) is 6.44. The van der Waals surface area contributed by atoms with E-state index in [2.05, 4.69) is 10.5 Å². The molecule has 1 aliphatic heterocycles. The molecule has 1 fully saturated rings. The minimum absolute atomic E-state index is 0.0608. The van der Waals surface area contributed by atoms with Crippen LogP contribution in [0.1, 0.15) is 30.0 Å². The molecular weight excluding hydrogens is 401 g/mol. The fourth-order valence-electron chi connectivity index (χ4n) is 3.31. The molecule has 1 saturated heterocycles. The molecule has 10 heteroatoms. The van der Waals surface area contributed by atoms with Crippen molar-refractivity contribution in [1.29, 1.82) is 0 Å². The Hall–Kier alpha value is -2.30. The summed E-state index contributed by atoms with van der Waals surface area (Å²) in [6.45, 7) is 5.76. The van der Waals surface area contributed by atoms with Crippen LogP contribution in [0, 0.1) is 12.7 Å². The molecule has 1 aliphatic rings. The number of carbonyl (C=O) groups is 1. The number of amides is 1. The highest BCUT2D eigenvalue weighted by molar-refractivity contribution is 7.89. The van der Waals surface area contributed by atoms with Crippen LogP contribution in [0.3, 0.4) is 0 Å². The van der Waals surface area contributed by atoms with E-state index in [1.807, 2.05) is 13.8 Å². The molecule has 1 aromatic carbocycles. The number of hydrogen-bond acceptors (Lipinski definition) is 6. The van der Waals surface area contributed by atoms with E-state index in [1.165, 1.54) is 28.6 Å². The number of carbonyl (C=O) groups excluding carboxylic acids is 1. The molecule has 0 spiro atoms. The van der Waals surface area contributed by atoms with E-state index in [1.54, 1.807) is 6.92 Å². The first-order valence-corrected chi connectivity index (χ1v) is 10.9. The average Bonchev–Trinajstić information content (AvgIpc) is 3.03. The van der Waals surface area contributed by atoms with E-state index in [9.17, 15) is 17.6 Å². The molecule has 2 aromatic rings. The average molecular weight is 425 g/mol. The van der Waals surface area contributed by atoms with Gasteiger partial charge in [-0.25, -0.2) is 12.8 Å². The van der Waals surface area contributed by atoms with Crippen LogP contribution in [0.4, 0.5) is 4.39 Å². The van der Waals surface area contributed by atoms with Gasteiger partial charge < -0.3 is 14.6 Å². The molecule has 29 heavy (non-hydrogen) atoms. The Morgan fingerprint density at radius 3 is 2.48 bits per heavy atom. The smallest absolute Gasteiger partial charge is 0.257 e. The van der Waals surface area contributed by atoms with E-state index < -0.39 is 21.7 Å². The fourth-order valence-corrected chi connectivity index (χ4v) is 4.81. The lowest BCUT2D eigenvalue weighted by Crippen LogP contribution is -2.49. The number of sulfonamides is 1. The van der Waals surface area contributed by atoms with E-state index in [0.717, 1.165) is 0 Å². The number of aromatic nitrogens is 1. The predicted octanol–water partition coefficient (Wildman–Crippen LogP) is 1.96. The van der Waals surface area contributed by atoms with Crippen molar-refractivity contribution >= 4 is 15.9 Å². The maximum absolute atomic E-state index is 13.2. The van der Waals surface area contributed by atoms with Gasteiger partial charge in [0.2, 0.25) is 10.0 Å². The van der Waals surface area contributed by atoms with Crippen molar-refractivity contribution in [3.63, 3.8) is 0 Å². The molecule has 1 N–H and O–H groups in total. The van der Waals surface area contributed by atoms with E-state index in [4.69, 9.17) is 9.26 Å². The van der Waals surface area contributed by atoms with Gasteiger partial charge in [-0.2, -0.15) is 4.31 Å². The van der Waals surface area contributed by atoms with Crippen molar-refractivity contribution in [1.82, 2.24) is 14.8 Å². The second-order valence-electron chi connectivity index (χ2n) is 7.12. The topological polar surface area (TPSA) is 102 Å². The van der Waals surface area contributed by atoms with Gasteiger partial charge in [-0.1, -0.05) is 5.16 Å². The van der Waals surface area contributed by atoms with Crippen LogP contribution < -0.4 is 5.32 Å². The summed E-state index contributed by atoms with van der Waals surface area (Å²) in [6, 6.07) is 5.51. The van der Waals surface area contributed by atoms with Crippen molar-refractivity contribution < 1.29 is 26.9 Å². The second kappa shape index (κ2) is 8.60. The monoisotopic (exact) mass is 425 g/mol. The number of morpholine rings is 1. The van der Waals surface area contributed by atoms with E-state index in [0.29, 0.717) is 24.4 Å². The first-order valence-electron chi connectivity index (χ1n) is 9.31. The normalized spacial score (nSPS) is 20.6. The zero-order chi connectivity index (χ0) is 21.2. The van der Waals surface area contributed by atoms with Crippen molar-refractivity contribution in [2.45, 2.75) is 33.0 Å². The molecule has 158 valence electrons. The summed E-state index contributed by atoms with van der Waals surface area (Å²) in [4.78, 5) is 12.6. The van der Waals surface area contributed by atoms with Gasteiger partial charge in [0, 0.05) is 25.2 Å². The van der Waals surface area contributed by atoms with Crippen LogP contribution in [0.15, 0.2) is 28.8 Å². The van der Waals surface area contributed by atoms with Crippen molar-refractivity contribution in [3.8, 4) is 11.3 Å². The number of aryl methyl sites for hydroxylation is 1. The van der Waals surface area contributed by atoms with Gasteiger partial charge in [0.1, 0.15) is 22.8 Å². The minimum Gasteiger partial charge on any atom is -0.373 e. The summed E-state index contributed by atoms with van der Waals surface area (Å²) in [7, 11) is -3.53. The van der Waals surface area contributed by atoms with Gasteiger partial charge >= 0.3 is 0 Å². The molecule has 1 aromatic heterocycles. The summed E-state index contributed by atoms with van der Waals surface area (Å²) in [5.74, 6) is -0.839. The van der Waals surface area contributed by atoms with Gasteiger partial charge in [-0.05, 0) is 45.0 Å². The molecular formula is C19H24FN3O5S. The molecule has 3 rings (SSSR count). The lowest BCUT2D eigenvalue weighted by atomic mass is 10.1. The highest BCUT2D eigenvalue weighted by Gasteiger charge is 2.31. The fraction of sp³-hybridized carbons (Fsp3) is 0.474. The summed E-state index contributed by atoms with van der Waals surface area (Å²) in [5, 5.41) is 6.50. The summed E-state index contributed by atoms with van der Waals surface area (Å²) in [5.41, 5.74) is 0.999. The standard InChI is InChI=1S/C19H24FN3O5S/c1-12-10-23(11-13(2)27-12)29(25,26)9-8-21-19(24)17-14(3)28-22-18(17)15-4-6-16(20)7-5-15/h4-7,12-13H,8-11H2,1-3H3,(H,21,24). The molecule has 0 bridgehead atoms. The molecule has 2 heterocycles. The first-order chi connectivity index (χ1) is 13.7. The van der Waals surface area contributed by atoms with E-state index in [-0.39, 0.29) is 35.8 Å². The lowest BCUT2D eigenvalue weighted by Gasteiger charge is -2.34.